The van der Waals surface area contributed by atoms with Crippen molar-refractivity contribution in [2.24, 2.45) is 0 Å². The van der Waals surface area contributed by atoms with Crippen molar-refractivity contribution in [1.82, 2.24) is 10.2 Å². The summed E-state index contributed by atoms with van der Waals surface area (Å²) in [6.45, 7) is 2.04. The summed E-state index contributed by atoms with van der Waals surface area (Å²) >= 11 is 2.90. The lowest BCUT2D eigenvalue weighted by Gasteiger charge is -2.00. The van der Waals surface area contributed by atoms with Gasteiger partial charge in [-0.25, -0.2) is 0 Å². The molecule has 0 aliphatic heterocycles. The first-order valence-electron chi connectivity index (χ1n) is 5.12. The number of hydrogen-bond acceptors (Lipinski definition) is 5. The molecule has 0 aliphatic carbocycles. The van der Waals surface area contributed by atoms with Gasteiger partial charge in [0.15, 0.2) is 4.34 Å². The fourth-order valence-corrected chi connectivity index (χ4v) is 2.83. The summed E-state index contributed by atoms with van der Waals surface area (Å²) in [5.74, 6) is 0.714. The largest absolute Gasteiger partial charge is 0.320 e. The number of carbonyl (C=O) groups is 1. The van der Waals surface area contributed by atoms with Gasteiger partial charge in [-0.3, -0.25) is 4.79 Å². The molecule has 17 heavy (non-hydrogen) atoms. The Hall–Kier alpha value is -1.40. The van der Waals surface area contributed by atoms with Gasteiger partial charge in [0.2, 0.25) is 5.01 Å². The molecule has 6 heteroatoms. The van der Waals surface area contributed by atoms with E-state index in [4.69, 9.17) is 0 Å². The maximum Gasteiger partial charge on any atom is 0.286 e. The van der Waals surface area contributed by atoms with E-state index in [1.165, 1.54) is 11.3 Å². The second-order valence-corrected chi connectivity index (χ2v) is 5.61. The summed E-state index contributed by atoms with van der Waals surface area (Å²) in [5.41, 5.74) is 0.761. The number of amides is 1. The van der Waals surface area contributed by atoms with Crippen LogP contribution in [0, 0.1) is 0 Å². The number of nitrogens with one attached hydrogen (secondary N) is 1. The number of aromatic nitrogens is 2. The van der Waals surface area contributed by atoms with Crippen molar-refractivity contribution in [3.05, 3.63) is 35.3 Å². The van der Waals surface area contributed by atoms with Gasteiger partial charge in [-0.05, 0) is 17.9 Å². The van der Waals surface area contributed by atoms with Crippen molar-refractivity contribution >= 4 is 34.7 Å². The molecule has 0 bridgehead atoms. The fourth-order valence-electron chi connectivity index (χ4n) is 1.19. The van der Waals surface area contributed by atoms with Crippen molar-refractivity contribution in [3.8, 4) is 0 Å². The van der Waals surface area contributed by atoms with Gasteiger partial charge < -0.3 is 5.32 Å². The van der Waals surface area contributed by atoms with Crippen molar-refractivity contribution in [1.29, 1.82) is 0 Å². The molecular weight excluding hydrogens is 254 g/mol. The van der Waals surface area contributed by atoms with Crippen LogP contribution in [0.3, 0.4) is 0 Å². The Bertz CT molecular complexity index is 498. The molecule has 0 unspecified atom stereocenters. The Kier molecular flexibility index (Phi) is 4.11. The second-order valence-electron chi connectivity index (χ2n) is 3.13. The van der Waals surface area contributed by atoms with E-state index in [2.05, 4.69) is 15.5 Å². The van der Waals surface area contributed by atoms with Gasteiger partial charge in [0.05, 0.1) is 0 Å². The second kappa shape index (κ2) is 5.79. The normalized spacial score (nSPS) is 10.2. The number of rotatable bonds is 4. The Balaban J connectivity index is 2.04. The van der Waals surface area contributed by atoms with Gasteiger partial charge in [-0.2, -0.15) is 0 Å². The average Bonchev–Trinajstić information content (AvgIpc) is 2.79. The molecule has 0 spiro atoms. The molecule has 2 aromatic rings. The number of anilines is 1. The molecule has 0 saturated carbocycles. The van der Waals surface area contributed by atoms with E-state index >= 15 is 0 Å². The topological polar surface area (TPSA) is 54.9 Å². The summed E-state index contributed by atoms with van der Waals surface area (Å²) in [7, 11) is 0. The van der Waals surface area contributed by atoms with Crippen molar-refractivity contribution in [2.45, 2.75) is 11.3 Å². The summed E-state index contributed by atoms with van der Waals surface area (Å²) in [5, 5.41) is 11.0. The summed E-state index contributed by atoms with van der Waals surface area (Å²) < 4.78 is 0.825. The first-order chi connectivity index (χ1) is 8.29. The van der Waals surface area contributed by atoms with Gasteiger partial charge in [-0.15, -0.1) is 10.2 Å². The lowest BCUT2D eigenvalue weighted by molar-refractivity contribution is 0.102. The zero-order valence-corrected chi connectivity index (χ0v) is 10.8. The molecule has 0 atom stereocenters. The fraction of sp³-hybridized carbons (Fsp3) is 0.182. The molecule has 0 radical (unpaired) electrons. The van der Waals surface area contributed by atoms with Gasteiger partial charge in [0.25, 0.3) is 5.91 Å². The highest BCUT2D eigenvalue weighted by Crippen LogP contribution is 2.22. The van der Waals surface area contributed by atoms with E-state index in [1.807, 2.05) is 37.3 Å². The van der Waals surface area contributed by atoms with E-state index in [0.29, 0.717) is 5.01 Å². The minimum absolute atomic E-state index is 0.211. The minimum atomic E-state index is -0.211. The highest BCUT2D eigenvalue weighted by atomic mass is 32.2. The molecule has 0 aliphatic rings. The first kappa shape index (κ1) is 12.1. The van der Waals surface area contributed by atoms with Crippen LogP contribution in [0.5, 0.6) is 0 Å². The van der Waals surface area contributed by atoms with Crippen molar-refractivity contribution in [2.75, 3.05) is 11.1 Å². The van der Waals surface area contributed by atoms with Crippen LogP contribution in [-0.4, -0.2) is 21.9 Å². The minimum Gasteiger partial charge on any atom is -0.320 e. The number of para-hydroxylation sites is 1. The number of thioether (sulfide) groups is 1. The number of hydrogen-bond donors (Lipinski definition) is 1. The first-order valence-corrected chi connectivity index (χ1v) is 6.92. The van der Waals surface area contributed by atoms with E-state index < -0.39 is 0 Å². The highest BCUT2D eigenvalue weighted by molar-refractivity contribution is 8.01. The molecule has 4 nitrogen and oxygen atoms in total. The van der Waals surface area contributed by atoms with Crippen LogP contribution in [0.1, 0.15) is 16.7 Å². The lowest BCUT2D eigenvalue weighted by Crippen LogP contribution is -2.11. The third-order valence-corrected chi connectivity index (χ3v) is 3.84. The number of carbonyl (C=O) groups excluding carboxylic acids is 1. The van der Waals surface area contributed by atoms with E-state index in [1.54, 1.807) is 11.8 Å². The Labute approximate surface area is 107 Å². The number of benzene rings is 1. The van der Waals surface area contributed by atoms with Crippen LogP contribution in [0.4, 0.5) is 5.69 Å². The monoisotopic (exact) mass is 265 g/mol. The van der Waals surface area contributed by atoms with Crippen LogP contribution in [0.15, 0.2) is 34.7 Å². The van der Waals surface area contributed by atoms with E-state index in [9.17, 15) is 4.79 Å². The van der Waals surface area contributed by atoms with Crippen LogP contribution in [0.2, 0.25) is 0 Å². The lowest BCUT2D eigenvalue weighted by atomic mass is 10.3. The van der Waals surface area contributed by atoms with Crippen LogP contribution in [0.25, 0.3) is 0 Å². The smallest absolute Gasteiger partial charge is 0.286 e. The van der Waals surface area contributed by atoms with Gasteiger partial charge in [-0.1, -0.05) is 48.2 Å². The SMILES string of the molecule is CCSc1nnc(C(=O)Nc2ccccc2)s1. The third kappa shape index (κ3) is 3.28. The summed E-state index contributed by atoms with van der Waals surface area (Å²) in [6.07, 6.45) is 0. The Morgan fingerprint density at radius 3 is 2.82 bits per heavy atom. The molecule has 1 heterocycles. The Morgan fingerprint density at radius 2 is 2.12 bits per heavy atom. The van der Waals surface area contributed by atoms with Gasteiger partial charge >= 0.3 is 0 Å². The Morgan fingerprint density at radius 1 is 1.35 bits per heavy atom. The van der Waals surface area contributed by atoms with Gasteiger partial charge in [0.1, 0.15) is 0 Å². The summed E-state index contributed by atoms with van der Waals surface area (Å²) in [4.78, 5) is 11.8. The molecule has 1 N–H and O–H groups in total. The highest BCUT2D eigenvalue weighted by Gasteiger charge is 2.12. The average molecular weight is 265 g/mol. The van der Waals surface area contributed by atoms with Gasteiger partial charge in [0, 0.05) is 5.69 Å². The molecule has 0 saturated heterocycles. The molecule has 88 valence electrons. The molecule has 1 amide bonds. The van der Waals surface area contributed by atoms with Crippen LogP contribution >= 0.6 is 23.1 Å². The maximum absolute atomic E-state index is 11.8. The molecule has 1 aromatic heterocycles. The van der Waals surface area contributed by atoms with Crippen LogP contribution in [-0.2, 0) is 0 Å². The molecule has 0 fully saturated rings. The van der Waals surface area contributed by atoms with Crippen molar-refractivity contribution < 1.29 is 4.79 Å². The standard InChI is InChI=1S/C11H11N3OS2/c1-2-16-11-14-13-10(17-11)9(15)12-8-6-4-3-5-7-8/h3-7H,2H2,1H3,(H,12,15). The van der Waals surface area contributed by atoms with E-state index in [0.717, 1.165) is 15.8 Å². The molecule has 2 rings (SSSR count). The predicted molar refractivity (Wildman–Crippen MR) is 70.7 cm³/mol. The third-order valence-electron chi connectivity index (χ3n) is 1.90. The molecule has 1 aromatic carbocycles. The maximum atomic E-state index is 11.8. The predicted octanol–water partition coefficient (Wildman–Crippen LogP) is 2.90. The zero-order chi connectivity index (χ0) is 12.1. The quantitative estimate of drug-likeness (QED) is 0.864. The van der Waals surface area contributed by atoms with Crippen molar-refractivity contribution in [3.63, 3.8) is 0 Å². The van der Waals surface area contributed by atoms with Crippen LogP contribution < -0.4 is 5.32 Å². The van der Waals surface area contributed by atoms with E-state index in [-0.39, 0.29) is 5.91 Å². The number of nitrogens with zero attached hydrogens (tertiary/aromatic N) is 2. The molecular formula is C11H11N3OS2. The zero-order valence-electron chi connectivity index (χ0n) is 9.21. The summed E-state index contributed by atoms with van der Waals surface area (Å²) in [6, 6.07) is 9.31.